The van der Waals surface area contributed by atoms with E-state index in [4.69, 9.17) is 0 Å². The molecule has 3 bridgehead atoms. The van der Waals surface area contributed by atoms with Crippen LogP contribution in [0.3, 0.4) is 0 Å². The number of allylic oxidation sites excluding steroid dienone is 8. The van der Waals surface area contributed by atoms with E-state index in [0.717, 1.165) is 6.42 Å². The smallest absolute Gasteiger partial charge is 0.0210 e. The summed E-state index contributed by atoms with van der Waals surface area (Å²) >= 11 is 0. The van der Waals surface area contributed by atoms with Crippen molar-refractivity contribution in [2.75, 3.05) is 0 Å². The Hall–Kier alpha value is -1.04. The Morgan fingerprint density at radius 1 is 1.20 bits per heavy atom. The molecule has 0 heterocycles. The summed E-state index contributed by atoms with van der Waals surface area (Å²) in [7, 11) is 0. The van der Waals surface area contributed by atoms with Crippen molar-refractivity contribution in [1.29, 1.82) is 0 Å². The van der Waals surface area contributed by atoms with E-state index in [2.05, 4.69) is 30.4 Å². The average molecular weight is 128 g/mol. The van der Waals surface area contributed by atoms with E-state index in [0.29, 0.717) is 5.92 Å². The molecule has 0 spiro atoms. The third-order valence-corrected chi connectivity index (χ3v) is 2.51. The van der Waals surface area contributed by atoms with Crippen LogP contribution in [0.15, 0.2) is 47.1 Å². The number of rotatable bonds is 0. The molecule has 0 N–H and O–H groups in total. The van der Waals surface area contributed by atoms with E-state index in [9.17, 15) is 0 Å². The molecule has 3 rings (SSSR count). The third kappa shape index (κ3) is 0.397. The van der Waals surface area contributed by atoms with Gasteiger partial charge >= 0.3 is 0 Å². The first-order chi connectivity index (χ1) is 4.93. The number of hydrogen-bond acceptors (Lipinski definition) is 0. The highest BCUT2D eigenvalue weighted by Crippen LogP contribution is 2.40. The maximum Gasteiger partial charge on any atom is 0.0210 e. The van der Waals surface area contributed by atoms with Crippen LogP contribution < -0.4 is 0 Å². The van der Waals surface area contributed by atoms with Gasteiger partial charge in [0.25, 0.3) is 0 Å². The SMILES string of the molecule is C1=CC2=CCC3=CC2C=C13. The normalized spacial score (nSPS) is 32.0. The lowest BCUT2D eigenvalue weighted by atomic mass is 9.95. The second kappa shape index (κ2) is 1.34. The largest absolute Gasteiger partial charge is 0.0760 e. The Morgan fingerprint density at radius 3 is 3.20 bits per heavy atom. The minimum atomic E-state index is 0.642. The van der Waals surface area contributed by atoms with Crippen molar-refractivity contribution in [3.8, 4) is 0 Å². The Kier molecular flexibility index (Phi) is 0.634. The molecular formula is C10H8. The van der Waals surface area contributed by atoms with Gasteiger partial charge in [0.1, 0.15) is 0 Å². The van der Waals surface area contributed by atoms with E-state index in [-0.39, 0.29) is 0 Å². The van der Waals surface area contributed by atoms with Gasteiger partial charge in [-0.25, -0.2) is 0 Å². The topological polar surface area (TPSA) is 0 Å². The molecule has 48 valence electrons. The predicted octanol–water partition coefficient (Wildman–Crippen LogP) is 2.37. The maximum atomic E-state index is 2.38. The molecule has 3 aliphatic carbocycles. The summed E-state index contributed by atoms with van der Waals surface area (Å²) < 4.78 is 0. The van der Waals surface area contributed by atoms with Gasteiger partial charge in [0, 0.05) is 5.92 Å². The summed E-state index contributed by atoms with van der Waals surface area (Å²) in [6, 6.07) is 0. The zero-order valence-corrected chi connectivity index (χ0v) is 5.67. The molecule has 0 nitrogen and oxygen atoms in total. The van der Waals surface area contributed by atoms with E-state index < -0.39 is 0 Å². The molecule has 1 unspecified atom stereocenters. The molecule has 0 aliphatic heterocycles. The van der Waals surface area contributed by atoms with Crippen molar-refractivity contribution in [2.24, 2.45) is 5.92 Å². The molecule has 3 aliphatic rings. The quantitative estimate of drug-likeness (QED) is 0.470. The van der Waals surface area contributed by atoms with Crippen LogP contribution >= 0.6 is 0 Å². The van der Waals surface area contributed by atoms with Crippen LogP contribution in [0.1, 0.15) is 6.42 Å². The first-order valence-corrected chi connectivity index (χ1v) is 3.74. The molecule has 0 aromatic carbocycles. The molecule has 10 heavy (non-hydrogen) atoms. The second-order valence-corrected chi connectivity index (χ2v) is 3.08. The van der Waals surface area contributed by atoms with Crippen molar-refractivity contribution >= 4 is 0 Å². The Morgan fingerprint density at radius 2 is 2.20 bits per heavy atom. The zero-order valence-electron chi connectivity index (χ0n) is 5.67. The Labute approximate surface area is 60.2 Å². The van der Waals surface area contributed by atoms with Gasteiger partial charge in [-0.2, -0.15) is 0 Å². The van der Waals surface area contributed by atoms with E-state index in [1.54, 1.807) is 0 Å². The summed E-state index contributed by atoms with van der Waals surface area (Å²) in [4.78, 5) is 0. The molecule has 0 fully saturated rings. The van der Waals surface area contributed by atoms with Crippen LogP contribution in [0.5, 0.6) is 0 Å². The van der Waals surface area contributed by atoms with Crippen molar-refractivity contribution in [3.63, 3.8) is 0 Å². The Bertz CT molecular complexity index is 306. The summed E-state index contributed by atoms with van der Waals surface area (Å²) in [6.07, 6.45) is 12.7. The van der Waals surface area contributed by atoms with Crippen LogP contribution in [0.2, 0.25) is 0 Å². The van der Waals surface area contributed by atoms with Gasteiger partial charge in [0.05, 0.1) is 0 Å². The van der Waals surface area contributed by atoms with Crippen LogP contribution in [0.25, 0.3) is 0 Å². The lowest BCUT2D eigenvalue weighted by Gasteiger charge is -2.09. The van der Waals surface area contributed by atoms with E-state index >= 15 is 0 Å². The van der Waals surface area contributed by atoms with E-state index in [1.807, 2.05) is 0 Å². The van der Waals surface area contributed by atoms with Gasteiger partial charge < -0.3 is 0 Å². The fourth-order valence-electron chi connectivity index (χ4n) is 1.93. The molecule has 0 aromatic rings. The van der Waals surface area contributed by atoms with E-state index in [1.165, 1.54) is 16.7 Å². The van der Waals surface area contributed by atoms with Crippen LogP contribution in [0.4, 0.5) is 0 Å². The lowest BCUT2D eigenvalue weighted by Crippen LogP contribution is -1.95. The summed E-state index contributed by atoms with van der Waals surface area (Å²) in [5.41, 5.74) is 4.48. The molecule has 0 radical (unpaired) electrons. The monoisotopic (exact) mass is 128 g/mol. The molecule has 0 saturated carbocycles. The minimum Gasteiger partial charge on any atom is -0.0760 e. The van der Waals surface area contributed by atoms with Crippen molar-refractivity contribution in [1.82, 2.24) is 0 Å². The Balaban J connectivity index is 2.33. The first kappa shape index (κ1) is 4.73. The van der Waals surface area contributed by atoms with Gasteiger partial charge in [0.15, 0.2) is 0 Å². The fourth-order valence-corrected chi connectivity index (χ4v) is 1.93. The fraction of sp³-hybridized carbons (Fsp3) is 0.200. The van der Waals surface area contributed by atoms with Crippen molar-refractivity contribution < 1.29 is 0 Å². The number of hydrogen-bond donors (Lipinski definition) is 0. The highest BCUT2D eigenvalue weighted by atomic mass is 14.3. The second-order valence-electron chi connectivity index (χ2n) is 3.08. The van der Waals surface area contributed by atoms with Gasteiger partial charge in [0.2, 0.25) is 0 Å². The number of fused-ring (bicyclic) bond motifs is 1. The van der Waals surface area contributed by atoms with Crippen molar-refractivity contribution in [2.45, 2.75) is 6.42 Å². The van der Waals surface area contributed by atoms with Crippen LogP contribution in [0, 0.1) is 5.92 Å². The minimum absolute atomic E-state index is 0.642. The molecule has 1 atom stereocenters. The van der Waals surface area contributed by atoms with Gasteiger partial charge in [-0.05, 0) is 23.1 Å². The molecule has 0 saturated heterocycles. The third-order valence-electron chi connectivity index (χ3n) is 2.51. The molecular weight excluding hydrogens is 120 g/mol. The van der Waals surface area contributed by atoms with Crippen LogP contribution in [-0.4, -0.2) is 0 Å². The van der Waals surface area contributed by atoms with Gasteiger partial charge in [-0.3, -0.25) is 0 Å². The lowest BCUT2D eigenvalue weighted by molar-refractivity contribution is 0.979. The standard InChI is InChI=1S/C10H8/c1-3-8-5-10-6-9(8)4-2-7(1)10/h1-3,5-6,10H,4H2. The summed E-state index contributed by atoms with van der Waals surface area (Å²) in [6.45, 7) is 0. The summed E-state index contributed by atoms with van der Waals surface area (Å²) in [5, 5.41) is 0. The molecule has 0 amide bonds. The average Bonchev–Trinajstić information content (AvgIpc) is 2.19. The molecule has 0 heteroatoms. The first-order valence-electron chi connectivity index (χ1n) is 3.74. The highest BCUT2D eigenvalue weighted by Gasteiger charge is 2.24. The zero-order chi connectivity index (χ0) is 6.55. The van der Waals surface area contributed by atoms with Crippen LogP contribution in [-0.2, 0) is 0 Å². The summed E-state index contributed by atoms with van der Waals surface area (Å²) in [5.74, 6) is 0.642. The molecule has 0 aromatic heterocycles. The van der Waals surface area contributed by atoms with Gasteiger partial charge in [-0.1, -0.05) is 30.4 Å². The highest BCUT2D eigenvalue weighted by molar-refractivity contribution is 5.59. The predicted molar refractivity (Wildman–Crippen MR) is 41.5 cm³/mol. The maximum absolute atomic E-state index is 2.38. The van der Waals surface area contributed by atoms with Crippen molar-refractivity contribution in [3.05, 3.63) is 47.1 Å². The van der Waals surface area contributed by atoms with Gasteiger partial charge in [-0.15, -0.1) is 0 Å².